The Labute approximate surface area is 148 Å². The number of carbonyl (C=O) groups is 2. The highest BCUT2D eigenvalue weighted by molar-refractivity contribution is 7.17. The van der Waals surface area contributed by atoms with Crippen molar-refractivity contribution < 1.29 is 14.3 Å². The van der Waals surface area contributed by atoms with Crippen LogP contribution in [0, 0.1) is 11.8 Å². The van der Waals surface area contributed by atoms with Crippen molar-refractivity contribution in [3.8, 4) is 0 Å². The van der Waals surface area contributed by atoms with Crippen molar-refractivity contribution in [2.75, 3.05) is 11.9 Å². The van der Waals surface area contributed by atoms with Crippen molar-refractivity contribution in [2.24, 2.45) is 11.8 Å². The van der Waals surface area contributed by atoms with E-state index in [0.29, 0.717) is 35.4 Å². The quantitative estimate of drug-likeness (QED) is 0.792. The third-order valence-corrected chi connectivity index (χ3v) is 6.36. The number of esters is 1. The lowest BCUT2D eigenvalue weighted by molar-refractivity contribution is -0.117. The first-order valence-electron chi connectivity index (χ1n) is 9.20. The minimum atomic E-state index is -0.291. The summed E-state index contributed by atoms with van der Waals surface area (Å²) in [6.07, 6.45) is 8.32. The number of hydrogen-bond donors (Lipinski definition) is 1. The Morgan fingerprint density at radius 2 is 2.00 bits per heavy atom. The summed E-state index contributed by atoms with van der Waals surface area (Å²) in [5.41, 5.74) is 1.72. The van der Waals surface area contributed by atoms with Gasteiger partial charge in [0.15, 0.2) is 0 Å². The number of amides is 1. The van der Waals surface area contributed by atoms with Crippen molar-refractivity contribution in [3.05, 3.63) is 16.0 Å². The Morgan fingerprint density at radius 1 is 1.25 bits per heavy atom. The summed E-state index contributed by atoms with van der Waals surface area (Å²) in [5, 5.41) is 3.73. The van der Waals surface area contributed by atoms with Crippen LogP contribution in [0.25, 0.3) is 0 Å². The molecule has 2 aliphatic carbocycles. The molecule has 4 nitrogen and oxygen atoms in total. The first-order chi connectivity index (χ1) is 11.6. The fourth-order valence-corrected chi connectivity index (χ4v) is 5.33. The molecular formula is C19H27NO3S. The van der Waals surface area contributed by atoms with Crippen LogP contribution in [-0.2, 0) is 22.4 Å². The summed E-state index contributed by atoms with van der Waals surface area (Å²) in [7, 11) is 0. The topological polar surface area (TPSA) is 55.4 Å². The molecule has 24 heavy (non-hydrogen) atoms. The van der Waals surface area contributed by atoms with Crippen LogP contribution in [0.4, 0.5) is 5.00 Å². The molecular weight excluding hydrogens is 322 g/mol. The van der Waals surface area contributed by atoms with Gasteiger partial charge < -0.3 is 10.1 Å². The number of rotatable bonds is 5. The molecule has 5 heteroatoms. The molecule has 0 saturated heterocycles. The van der Waals surface area contributed by atoms with E-state index in [1.165, 1.54) is 17.7 Å². The molecule has 1 saturated carbocycles. The van der Waals surface area contributed by atoms with Gasteiger partial charge in [-0.1, -0.05) is 19.8 Å². The second-order valence-electron chi connectivity index (χ2n) is 7.18. The van der Waals surface area contributed by atoms with Crippen LogP contribution in [0.15, 0.2) is 0 Å². The zero-order chi connectivity index (χ0) is 17.1. The Morgan fingerprint density at radius 3 is 2.71 bits per heavy atom. The second-order valence-corrected chi connectivity index (χ2v) is 8.28. The second kappa shape index (κ2) is 7.68. The van der Waals surface area contributed by atoms with Gasteiger partial charge in [0.05, 0.1) is 12.2 Å². The molecule has 1 fully saturated rings. The van der Waals surface area contributed by atoms with Crippen molar-refractivity contribution in [2.45, 2.75) is 65.2 Å². The van der Waals surface area contributed by atoms with Gasteiger partial charge in [0, 0.05) is 11.3 Å². The van der Waals surface area contributed by atoms with Crippen molar-refractivity contribution in [1.82, 2.24) is 0 Å². The van der Waals surface area contributed by atoms with Crippen LogP contribution in [0.1, 0.15) is 73.2 Å². The number of anilines is 1. The van der Waals surface area contributed by atoms with Crippen LogP contribution >= 0.6 is 11.3 Å². The zero-order valence-corrected chi connectivity index (χ0v) is 15.5. The van der Waals surface area contributed by atoms with Crippen molar-refractivity contribution >= 4 is 28.2 Å². The molecule has 2 aliphatic rings. The van der Waals surface area contributed by atoms with Gasteiger partial charge in [-0.2, -0.15) is 0 Å². The Hall–Kier alpha value is -1.36. The van der Waals surface area contributed by atoms with Gasteiger partial charge in [0.25, 0.3) is 0 Å². The number of hydrogen-bond acceptors (Lipinski definition) is 4. The lowest BCUT2D eigenvalue weighted by atomic mass is 9.88. The molecule has 132 valence electrons. The van der Waals surface area contributed by atoms with Crippen LogP contribution in [-0.4, -0.2) is 18.5 Å². The molecule has 1 aromatic rings. The highest BCUT2D eigenvalue weighted by atomic mass is 32.1. The van der Waals surface area contributed by atoms with E-state index in [4.69, 9.17) is 4.74 Å². The van der Waals surface area contributed by atoms with Gasteiger partial charge >= 0.3 is 5.97 Å². The highest BCUT2D eigenvalue weighted by Gasteiger charge is 2.29. The van der Waals surface area contributed by atoms with E-state index in [-0.39, 0.29) is 11.9 Å². The Balaban J connectivity index is 1.80. The maximum atomic E-state index is 12.4. The van der Waals surface area contributed by atoms with Crippen LogP contribution in [0.5, 0.6) is 0 Å². The molecule has 1 aromatic heterocycles. The lowest BCUT2D eigenvalue weighted by Crippen LogP contribution is -2.18. The van der Waals surface area contributed by atoms with Crippen LogP contribution < -0.4 is 5.32 Å². The van der Waals surface area contributed by atoms with Gasteiger partial charge in [-0.15, -0.1) is 11.3 Å². The zero-order valence-electron chi connectivity index (χ0n) is 14.7. The van der Waals surface area contributed by atoms with E-state index in [1.54, 1.807) is 11.3 Å². The maximum absolute atomic E-state index is 12.4. The van der Waals surface area contributed by atoms with Crippen molar-refractivity contribution in [3.63, 3.8) is 0 Å². The fourth-order valence-electron chi connectivity index (χ4n) is 3.91. The standard InChI is InChI=1S/C19H27NO3S/c1-3-23-19(22)17-14-9-8-12(2)10-15(14)24-18(17)20-16(21)11-13-6-4-5-7-13/h12-13H,3-11H2,1-2H3,(H,20,21). The largest absolute Gasteiger partial charge is 0.462 e. The molecule has 1 atom stereocenters. The summed E-state index contributed by atoms with van der Waals surface area (Å²) in [6.45, 7) is 4.41. The van der Waals surface area contributed by atoms with E-state index in [2.05, 4.69) is 12.2 Å². The molecule has 1 heterocycles. The Kier molecular flexibility index (Phi) is 5.59. The summed E-state index contributed by atoms with van der Waals surface area (Å²) in [6, 6.07) is 0. The summed E-state index contributed by atoms with van der Waals surface area (Å²) in [5.74, 6) is 0.888. The normalized spacial score (nSPS) is 20.7. The number of nitrogens with one attached hydrogen (secondary N) is 1. The van der Waals surface area contributed by atoms with E-state index in [9.17, 15) is 9.59 Å². The molecule has 1 amide bonds. The molecule has 3 rings (SSSR count). The van der Waals surface area contributed by atoms with Crippen LogP contribution in [0.3, 0.4) is 0 Å². The van der Waals surface area contributed by atoms with E-state index in [0.717, 1.165) is 37.7 Å². The molecule has 0 aliphatic heterocycles. The third kappa shape index (κ3) is 3.82. The molecule has 1 unspecified atom stereocenters. The van der Waals surface area contributed by atoms with E-state index < -0.39 is 0 Å². The van der Waals surface area contributed by atoms with Gasteiger partial charge in [-0.25, -0.2) is 4.79 Å². The summed E-state index contributed by atoms with van der Waals surface area (Å²) >= 11 is 1.57. The first kappa shape index (κ1) is 17.5. The molecule has 0 spiro atoms. The number of carbonyl (C=O) groups excluding carboxylic acids is 2. The summed E-state index contributed by atoms with van der Waals surface area (Å²) < 4.78 is 5.25. The summed E-state index contributed by atoms with van der Waals surface area (Å²) in [4.78, 5) is 26.1. The highest BCUT2D eigenvalue weighted by Crippen LogP contribution is 2.40. The predicted octanol–water partition coefficient (Wildman–Crippen LogP) is 4.57. The van der Waals surface area contributed by atoms with Gasteiger partial charge in [0.2, 0.25) is 5.91 Å². The van der Waals surface area contributed by atoms with E-state index >= 15 is 0 Å². The van der Waals surface area contributed by atoms with Gasteiger partial charge in [-0.3, -0.25) is 4.79 Å². The van der Waals surface area contributed by atoms with Gasteiger partial charge in [0.1, 0.15) is 5.00 Å². The first-order valence-corrected chi connectivity index (χ1v) is 10.0. The van der Waals surface area contributed by atoms with Crippen LogP contribution in [0.2, 0.25) is 0 Å². The monoisotopic (exact) mass is 349 g/mol. The van der Waals surface area contributed by atoms with E-state index in [1.807, 2.05) is 6.92 Å². The number of ether oxygens (including phenoxy) is 1. The smallest absolute Gasteiger partial charge is 0.341 e. The lowest BCUT2D eigenvalue weighted by Gasteiger charge is -2.18. The minimum Gasteiger partial charge on any atom is -0.462 e. The number of thiophene rings is 1. The molecule has 0 radical (unpaired) electrons. The average Bonchev–Trinajstić information content (AvgIpc) is 3.14. The number of fused-ring (bicyclic) bond motifs is 1. The third-order valence-electron chi connectivity index (χ3n) is 5.19. The minimum absolute atomic E-state index is 0.0408. The molecule has 0 bridgehead atoms. The maximum Gasteiger partial charge on any atom is 0.341 e. The SMILES string of the molecule is CCOC(=O)c1c(NC(=O)CC2CCCC2)sc2c1CCC(C)C2. The molecule has 0 aromatic carbocycles. The Bertz CT molecular complexity index is 616. The average molecular weight is 349 g/mol. The predicted molar refractivity (Wildman–Crippen MR) is 96.7 cm³/mol. The fraction of sp³-hybridized carbons (Fsp3) is 0.684. The van der Waals surface area contributed by atoms with Crippen molar-refractivity contribution in [1.29, 1.82) is 0 Å². The molecule has 1 N–H and O–H groups in total. The van der Waals surface area contributed by atoms with Gasteiger partial charge in [-0.05, 0) is 56.4 Å².